The van der Waals surface area contributed by atoms with Crippen LogP contribution in [0.2, 0.25) is 0 Å². The third-order valence-corrected chi connectivity index (χ3v) is 4.74. The Morgan fingerprint density at radius 3 is 2.84 bits per heavy atom. The summed E-state index contributed by atoms with van der Waals surface area (Å²) in [5, 5.41) is 10.6. The van der Waals surface area contributed by atoms with Gasteiger partial charge in [-0.05, 0) is 35.8 Å². The molecule has 1 unspecified atom stereocenters. The predicted octanol–water partition coefficient (Wildman–Crippen LogP) is 3.06. The molecule has 2 aromatic rings. The highest BCUT2D eigenvalue weighted by Gasteiger charge is 2.12. The van der Waals surface area contributed by atoms with Gasteiger partial charge in [-0.3, -0.25) is 5.10 Å². The number of benzene rings is 1. The van der Waals surface area contributed by atoms with E-state index in [0.717, 1.165) is 12.2 Å². The second-order valence-corrected chi connectivity index (χ2v) is 6.11. The van der Waals surface area contributed by atoms with Crippen LogP contribution in [0.15, 0.2) is 36.5 Å². The third kappa shape index (κ3) is 3.39. The van der Waals surface area contributed by atoms with E-state index in [-0.39, 0.29) is 0 Å². The third-order valence-electron chi connectivity index (χ3n) is 3.52. The molecule has 3 nitrogen and oxygen atoms in total. The molecule has 1 fully saturated rings. The Bertz CT molecular complexity index is 487. The van der Waals surface area contributed by atoms with Gasteiger partial charge in [0, 0.05) is 24.5 Å². The Labute approximate surface area is 118 Å². The topological polar surface area (TPSA) is 40.7 Å². The van der Waals surface area contributed by atoms with Crippen molar-refractivity contribution in [3.05, 3.63) is 42.1 Å². The molecule has 1 saturated heterocycles. The molecule has 1 aromatic carbocycles. The average Bonchev–Trinajstić information content (AvgIpc) is 3.01. The lowest BCUT2D eigenvalue weighted by Gasteiger charge is -2.22. The zero-order valence-corrected chi connectivity index (χ0v) is 11.7. The van der Waals surface area contributed by atoms with Crippen LogP contribution in [0, 0.1) is 0 Å². The highest BCUT2D eigenvalue weighted by molar-refractivity contribution is 7.99. The normalized spacial score (nSPS) is 19.5. The summed E-state index contributed by atoms with van der Waals surface area (Å²) in [7, 11) is 0. The number of thioether (sulfide) groups is 1. The van der Waals surface area contributed by atoms with Gasteiger partial charge >= 0.3 is 0 Å². The van der Waals surface area contributed by atoms with E-state index >= 15 is 0 Å². The molecule has 0 spiro atoms. The van der Waals surface area contributed by atoms with Crippen LogP contribution in [0.1, 0.15) is 18.4 Å². The predicted molar refractivity (Wildman–Crippen MR) is 81.2 cm³/mol. The molecule has 1 aromatic heterocycles. The Balaban J connectivity index is 1.57. The van der Waals surface area contributed by atoms with E-state index < -0.39 is 0 Å². The van der Waals surface area contributed by atoms with Gasteiger partial charge < -0.3 is 5.32 Å². The van der Waals surface area contributed by atoms with Gasteiger partial charge in [-0.2, -0.15) is 16.9 Å². The Morgan fingerprint density at radius 1 is 1.26 bits per heavy atom. The van der Waals surface area contributed by atoms with Gasteiger partial charge in [0.1, 0.15) is 0 Å². The van der Waals surface area contributed by atoms with Crippen LogP contribution < -0.4 is 5.32 Å². The minimum Gasteiger partial charge on any atom is -0.309 e. The molecule has 0 amide bonds. The molecule has 3 rings (SSSR count). The highest BCUT2D eigenvalue weighted by Crippen LogP contribution is 2.19. The number of aromatic amines is 1. The summed E-state index contributed by atoms with van der Waals surface area (Å²) in [6.07, 6.45) is 4.45. The molecule has 1 atom stereocenters. The standard InChI is InChI=1S/C15H19N3S/c1-2-14(11-19-9-1)16-10-12-3-5-13(6-4-12)15-7-8-17-18-15/h3-8,14,16H,1-2,9-11H2,(H,17,18). The molecule has 2 heterocycles. The second kappa shape index (κ2) is 6.26. The maximum atomic E-state index is 3.98. The van der Waals surface area contributed by atoms with Gasteiger partial charge in [0.15, 0.2) is 0 Å². The molecule has 1 aliphatic rings. The number of nitrogens with one attached hydrogen (secondary N) is 2. The van der Waals surface area contributed by atoms with E-state index in [1.165, 1.54) is 35.5 Å². The van der Waals surface area contributed by atoms with Crippen LogP contribution in [-0.4, -0.2) is 27.7 Å². The minimum atomic E-state index is 0.686. The van der Waals surface area contributed by atoms with Crippen molar-refractivity contribution in [3.8, 4) is 11.3 Å². The molecule has 0 bridgehead atoms. The highest BCUT2D eigenvalue weighted by atomic mass is 32.2. The molecule has 19 heavy (non-hydrogen) atoms. The summed E-state index contributed by atoms with van der Waals surface area (Å²) >= 11 is 2.07. The monoisotopic (exact) mass is 273 g/mol. The molecule has 4 heteroatoms. The van der Waals surface area contributed by atoms with Gasteiger partial charge in [-0.25, -0.2) is 0 Å². The number of H-pyrrole nitrogens is 1. The van der Waals surface area contributed by atoms with Crippen molar-refractivity contribution >= 4 is 11.8 Å². The van der Waals surface area contributed by atoms with E-state index in [2.05, 4.69) is 51.5 Å². The zero-order chi connectivity index (χ0) is 12.9. The van der Waals surface area contributed by atoms with Crippen LogP contribution in [-0.2, 0) is 6.54 Å². The summed E-state index contributed by atoms with van der Waals surface area (Å²) < 4.78 is 0. The first-order valence-corrected chi connectivity index (χ1v) is 7.97. The van der Waals surface area contributed by atoms with Crippen molar-refractivity contribution in [3.63, 3.8) is 0 Å². The van der Waals surface area contributed by atoms with Gasteiger partial charge in [-0.1, -0.05) is 24.3 Å². The number of nitrogens with zero attached hydrogens (tertiary/aromatic N) is 1. The van der Waals surface area contributed by atoms with E-state index in [9.17, 15) is 0 Å². The molecule has 1 aliphatic heterocycles. The van der Waals surface area contributed by atoms with Crippen molar-refractivity contribution in [2.75, 3.05) is 11.5 Å². The number of hydrogen-bond acceptors (Lipinski definition) is 3. The van der Waals surface area contributed by atoms with Crippen molar-refractivity contribution in [1.82, 2.24) is 15.5 Å². The lowest BCUT2D eigenvalue weighted by atomic mass is 10.1. The Morgan fingerprint density at radius 2 is 2.16 bits per heavy atom. The molecule has 0 radical (unpaired) electrons. The van der Waals surface area contributed by atoms with Crippen molar-refractivity contribution in [1.29, 1.82) is 0 Å². The van der Waals surface area contributed by atoms with Crippen LogP contribution in [0.4, 0.5) is 0 Å². The van der Waals surface area contributed by atoms with E-state index in [1.807, 2.05) is 6.07 Å². The molecule has 100 valence electrons. The van der Waals surface area contributed by atoms with E-state index in [0.29, 0.717) is 6.04 Å². The number of rotatable bonds is 4. The fourth-order valence-corrected chi connectivity index (χ4v) is 3.49. The second-order valence-electron chi connectivity index (χ2n) is 4.96. The van der Waals surface area contributed by atoms with Crippen LogP contribution in [0.5, 0.6) is 0 Å². The summed E-state index contributed by atoms with van der Waals surface area (Å²) in [5.74, 6) is 2.59. The summed E-state index contributed by atoms with van der Waals surface area (Å²) in [4.78, 5) is 0. The van der Waals surface area contributed by atoms with Crippen molar-refractivity contribution in [2.24, 2.45) is 0 Å². The summed E-state index contributed by atoms with van der Waals surface area (Å²) in [6.45, 7) is 0.967. The van der Waals surface area contributed by atoms with Gasteiger partial charge in [0.25, 0.3) is 0 Å². The quantitative estimate of drug-likeness (QED) is 0.899. The first kappa shape index (κ1) is 12.8. The largest absolute Gasteiger partial charge is 0.309 e. The van der Waals surface area contributed by atoms with E-state index in [4.69, 9.17) is 0 Å². The summed E-state index contributed by atoms with van der Waals surface area (Å²) in [5.41, 5.74) is 3.61. The maximum Gasteiger partial charge on any atom is 0.0650 e. The van der Waals surface area contributed by atoms with Gasteiger partial charge in [0.05, 0.1) is 5.69 Å². The zero-order valence-electron chi connectivity index (χ0n) is 10.9. The molecule has 2 N–H and O–H groups in total. The van der Waals surface area contributed by atoms with Crippen molar-refractivity contribution in [2.45, 2.75) is 25.4 Å². The number of hydrogen-bond donors (Lipinski definition) is 2. The Kier molecular flexibility index (Phi) is 4.20. The number of aromatic nitrogens is 2. The van der Waals surface area contributed by atoms with E-state index in [1.54, 1.807) is 6.20 Å². The van der Waals surface area contributed by atoms with Crippen LogP contribution in [0.3, 0.4) is 0 Å². The molecular formula is C15H19N3S. The minimum absolute atomic E-state index is 0.686. The molecule has 0 aliphatic carbocycles. The molecule has 0 saturated carbocycles. The average molecular weight is 273 g/mol. The smallest absolute Gasteiger partial charge is 0.0650 e. The molecular weight excluding hydrogens is 254 g/mol. The summed E-state index contributed by atoms with van der Waals surface area (Å²) in [6, 6.07) is 11.4. The fraction of sp³-hybridized carbons (Fsp3) is 0.400. The van der Waals surface area contributed by atoms with Crippen LogP contribution in [0.25, 0.3) is 11.3 Å². The lowest BCUT2D eigenvalue weighted by Crippen LogP contribution is -2.33. The maximum absolute atomic E-state index is 3.98. The fourth-order valence-electron chi connectivity index (χ4n) is 2.38. The Hall–Kier alpha value is -1.26. The van der Waals surface area contributed by atoms with Crippen LogP contribution >= 0.6 is 11.8 Å². The first-order chi connectivity index (χ1) is 9.42. The van der Waals surface area contributed by atoms with Crippen molar-refractivity contribution < 1.29 is 0 Å². The first-order valence-electron chi connectivity index (χ1n) is 6.81. The van der Waals surface area contributed by atoms with Gasteiger partial charge in [0.2, 0.25) is 0 Å². The SMILES string of the molecule is c1cc(-c2ccc(CNC3CCCSC3)cc2)[nH]n1. The lowest BCUT2D eigenvalue weighted by molar-refractivity contribution is 0.508. The van der Waals surface area contributed by atoms with Gasteiger partial charge in [-0.15, -0.1) is 0 Å².